The van der Waals surface area contributed by atoms with Crippen LogP contribution in [0.2, 0.25) is 0 Å². The van der Waals surface area contributed by atoms with Gasteiger partial charge in [0.25, 0.3) is 10.0 Å². The lowest BCUT2D eigenvalue weighted by Crippen LogP contribution is -2.42. The van der Waals surface area contributed by atoms with Crippen molar-refractivity contribution in [3.05, 3.63) is 97.0 Å². The predicted octanol–water partition coefficient (Wildman–Crippen LogP) is 4.55. The lowest BCUT2D eigenvalue weighted by atomic mass is 9.99. The van der Waals surface area contributed by atoms with Gasteiger partial charge in [0.1, 0.15) is 5.75 Å². The van der Waals surface area contributed by atoms with E-state index in [1.807, 2.05) is 22.9 Å². The lowest BCUT2D eigenvalue weighted by Gasteiger charge is -2.28. The Balaban J connectivity index is 1.31. The summed E-state index contributed by atoms with van der Waals surface area (Å²) in [5, 5.41) is 23.7. The molecule has 4 aromatic rings. The van der Waals surface area contributed by atoms with Gasteiger partial charge >= 0.3 is 0 Å². The first-order valence-corrected chi connectivity index (χ1v) is 13.5. The molecule has 0 amide bonds. The smallest absolute Gasteiger partial charge is 0.261 e. The summed E-state index contributed by atoms with van der Waals surface area (Å²) in [4.78, 5) is 4.63. The normalized spacial score (nSPS) is 12.8. The van der Waals surface area contributed by atoms with Crippen LogP contribution < -0.4 is 10.0 Å². The van der Waals surface area contributed by atoms with E-state index in [4.69, 9.17) is 0 Å². The molecule has 37 heavy (non-hydrogen) atoms. The first-order chi connectivity index (χ1) is 17.6. The fourth-order valence-corrected chi connectivity index (χ4v) is 4.95. The van der Waals surface area contributed by atoms with Crippen LogP contribution in [-0.4, -0.2) is 40.3 Å². The van der Waals surface area contributed by atoms with E-state index in [1.54, 1.807) is 60.9 Å². The number of rotatable bonds is 11. The maximum atomic E-state index is 12.6. The van der Waals surface area contributed by atoms with E-state index in [1.165, 1.54) is 12.1 Å². The molecule has 194 valence electrons. The lowest BCUT2D eigenvalue weighted by molar-refractivity contribution is 0.158. The second-order valence-electron chi connectivity index (χ2n) is 9.62. The molecule has 9 heteroatoms. The molecule has 0 aliphatic carbocycles. The monoisotopic (exact) mass is 520 g/mol. The third-order valence-electron chi connectivity index (χ3n) is 6.14. The van der Waals surface area contributed by atoms with Crippen LogP contribution in [0.1, 0.15) is 31.9 Å². The van der Waals surface area contributed by atoms with E-state index in [0.717, 1.165) is 24.2 Å². The quantitative estimate of drug-likeness (QED) is 0.231. The van der Waals surface area contributed by atoms with Crippen LogP contribution in [-0.2, 0) is 16.6 Å². The summed E-state index contributed by atoms with van der Waals surface area (Å²) in [7, 11) is -3.71. The minimum Gasteiger partial charge on any atom is -0.508 e. The second-order valence-corrected chi connectivity index (χ2v) is 11.3. The summed E-state index contributed by atoms with van der Waals surface area (Å²) < 4.78 is 29.8. The predicted molar refractivity (Wildman–Crippen MR) is 145 cm³/mol. The number of aliphatic hydroxyl groups is 1. The van der Waals surface area contributed by atoms with E-state index in [-0.39, 0.29) is 16.2 Å². The fraction of sp³-hybridized carbons (Fsp3) is 0.250. The van der Waals surface area contributed by atoms with Crippen LogP contribution in [0.25, 0.3) is 11.3 Å². The highest BCUT2D eigenvalue weighted by molar-refractivity contribution is 7.92. The van der Waals surface area contributed by atoms with Crippen molar-refractivity contribution in [1.29, 1.82) is 0 Å². The number of hydrogen-bond donors (Lipinski definition) is 4. The molecule has 8 nitrogen and oxygen atoms in total. The van der Waals surface area contributed by atoms with Gasteiger partial charge < -0.3 is 20.1 Å². The molecule has 1 heterocycles. The Hall–Kier alpha value is -3.66. The van der Waals surface area contributed by atoms with Gasteiger partial charge in [0, 0.05) is 36.1 Å². The van der Waals surface area contributed by atoms with Gasteiger partial charge in [-0.25, -0.2) is 13.4 Å². The van der Waals surface area contributed by atoms with E-state index < -0.39 is 16.1 Å². The summed E-state index contributed by atoms with van der Waals surface area (Å²) in [5.74, 6) is 0.221. The first kappa shape index (κ1) is 26.4. The number of benzene rings is 3. The van der Waals surface area contributed by atoms with Crippen molar-refractivity contribution in [2.24, 2.45) is 0 Å². The number of nitrogens with one attached hydrogen (secondary N) is 2. The van der Waals surface area contributed by atoms with Crippen molar-refractivity contribution in [2.45, 2.75) is 43.4 Å². The zero-order valence-corrected chi connectivity index (χ0v) is 21.7. The molecule has 0 saturated carbocycles. The van der Waals surface area contributed by atoms with Crippen LogP contribution in [0.15, 0.2) is 96.3 Å². The third-order valence-corrected chi connectivity index (χ3v) is 7.54. The molecule has 0 aliphatic heterocycles. The number of phenols is 1. The Bertz CT molecular complexity index is 1420. The Morgan fingerprint density at radius 3 is 2.46 bits per heavy atom. The number of anilines is 1. The van der Waals surface area contributed by atoms with E-state index in [0.29, 0.717) is 17.8 Å². The van der Waals surface area contributed by atoms with Crippen molar-refractivity contribution in [2.75, 3.05) is 11.3 Å². The number of phenolic OH excluding ortho intramolecular Hbond substituents is 1. The number of aromatic hydroxyl groups is 1. The Kier molecular flexibility index (Phi) is 7.97. The molecule has 0 bridgehead atoms. The molecule has 0 fully saturated rings. The summed E-state index contributed by atoms with van der Waals surface area (Å²) in [6.07, 6.45) is 3.74. The van der Waals surface area contributed by atoms with E-state index in [2.05, 4.69) is 28.9 Å². The molecular weight excluding hydrogens is 488 g/mol. The van der Waals surface area contributed by atoms with Gasteiger partial charge in [0.05, 0.1) is 23.0 Å². The summed E-state index contributed by atoms with van der Waals surface area (Å²) in [5.41, 5.74) is 2.51. The molecule has 4 N–H and O–H groups in total. The molecule has 0 saturated heterocycles. The Labute approximate surface area is 217 Å². The van der Waals surface area contributed by atoms with E-state index in [9.17, 15) is 18.6 Å². The average molecular weight is 521 g/mol. The maximum Gasteiger partial charge on any atom is 0.261 e. The summed E-state index contributed by atoms with van der Waals surface area (Å²) in [6.45, 7) is 5.19. The largest absolute Gasteiger partial charge is 0.508 e. The highest BCUT2D eigenvalue weighted by atomic mass is 32.2. The highest BCUT2D eigenvalue weighted by Gasteiger charge is 2.20. The molecule has 0 radical (unpaired) electrons. The van der Waals surface area contributed by atoms with Crippen molar-refractivity contribution in [1.82, 2.24) is 14.9 Å². The van der Waals surface area contributed by atoms with Gasteiger partial charge in [0.15, 0.2) is 0 Å². The molecule has 0 aliphatic rings. The minimum atomic E-state index is -3.71. The zero-order chi connectivity index (χ0) is 26.5. The van der Waals surface area contributed by atoms with Crippen molar-refractivity contribution < 1.29 is 18.6 Å². The average Bonchev–Trinajstić information content (AvgIpc) is 3.36. The maximum absolute atomic E-state index is 12.6. The standard InChI is InChI=1S/C28H32N4O4S/c1-28(2,15-16-32-19-26(29-20-32)21-11-13-24(33)14-12-21)30-18-27(34)22-7-6-8-23(17-22)31-37(35,36)25-9-4-3-5-10-25/h3-14,17,19-20,27,30-31,33-34H,15-16,18H2,1-2H3/t27-/m0/s1. The first-order valence-electron chi connectivity index (χ1n) is 12.0. The van der Waals surface area contributed by atoms with E-state index >= 15 is 0 Å². The van der Waals surface area contributed by atoms with Crippen molar-refractivity contribution in [3.8, 4) is 17.0 Å². The van der Waals surface area contributed by atoms with Crippen LogP contribution >= 0.6 is 0 Å². The number of aryl methyl sites for hydroxylation is 1. The number of hydrogen-bond acceptors (Lipinski definition) is 6. The molecule has 0 unspecified atom stereocenters. The summed E-state index contributed by atoms with van der Waals surface area (Å²) >= 11 is 0. The Morgan fingerprint density at radius 2 is 1.73 bits per heavy atom. The molecule has 4 rings (SSSR count). The van der Waals surface area contributed by atoms with Gasteiger partial charge in [-0.2, -0.15) is 0 Å². The topological polar surface area (TPSA) is 116 Å². The van der Waals surface area contributed by atoms with Crippen LogP contribution in [0.5, 0.6) is 5.75 Å². The minimum absolute atomic E-state index is 0.178. The zero-order valence-electron chi connectivity index (χ0n) is 20.9. The summed E-state index contributed by atoms with van der Waals surface area (Å²) in [6, 6.07) is 21.9. The molecule has 0 spiro atoms. The SMILES string of the molecule is CC(C)(CCn1cnc(-c2ccc(O)cc2)c1)NC[C@H](O)c1cccc(NS(=O)(=O)c2ccccc2)c1. The second kappa shape index (κ2) is 11.2. The number of sulfonamides is 1. The number of β-amino-alcohol motifs (C(OH)–C–C–N with tert-alkyl or cyclic N) is 1. The van der Waals surface area contributed by atoms with Gasteiger partial charge in [-0.3, -0.25) is 4.72 Å². The van der Waals surface area contributed by atoms with Crippen LogP contribution in [0.3, 0.4) is 0 Å². The van der Waals surface area contributed by atoms with Gasteiger partial charge in [-0.15, -0.1) is 0 Å². The third kappa shape index (κ3) is 7.19. The molecule has 3 aromatic carbocycles. The van der Waals surface area contributed by atoms with Crippen molar-refractivity contribution in [3.63, 3.8) is 0 Å². The number of nitrogens with zero attached hydrogens (tertiary/aromatic N) is 2. The van der Waals surface area contributed by atoms with Gasteiger partial charge in [-0.1, -0.05) is 30.3 Å². The highest BCUT2D eigenvalue weighted by Crippen LogP contribution is 2.23. The fourth-order valence-electron chi connectivity index (χ4n) is 3.87. The van der Waals surface area contributed by atoms with Gasteiger partial charge in [0.2, 0.25) is 0 Å². The van der Waals surface area contributed by atoms with Gasteiger partial charge in [-0.05, 0) is 74.4 Å². The van der Waals surface area contributed by atoms with Crippen molar-refractivity contribution >= 4 is 15.7 Å². The number of aliphatic hydroxyl groups excluding tert-OH is 1. The Morgan fingerprint density at radius 1 is 1.00 bits per heavy atom. The molecule has 1 atom stereocenters. The molecular formula is C28H32N4O4S. The van der Waals surface area contributed by atoms with Crippen LogP contribution in [0, 0.1) is 0 Å². The van der Waals surface area contributed by atoms with Crippen LogP contribution in [0.4, 0.5) is 5.69 Å². The number of imidazole rings is 1. The number of aromatic nitrogens is 2. The molecule has 1 aromatic heterocycles.